The van der Waals surface area contributed by atoms with Crippen molar-refractivity contribution < 1.29 is 18.6 Å². The lowest BCUT2D eigenvalue weighted by molar-refractivity contribution is 0.0826. The van der Waals surface area contributed by atoms with E-state index in [1.807, 2.05) is 12.1 Å². The molecule has 132 valence electrons. The van der Waals surface area contributed by atoms with E-state index in [1.165, 1.54) is 6.07 Å². The van der Waals surface area contributed by atoms with Gasteiger partial charge >= 0.3 is 0 Å². The fraction of sp³-hybridized carbons (Fsp3) is 0.368. The first kappa shape index (κ1) is 16.7. The molecule has 0 bridgehead atoms. The zero-order valence-corrected chi connectivity index (χ0v) is 15.6. The van der Waals surface area contributed by atoms with Gasteiger partial charge in [0.15, 0.2) is 11.5 Å². The second-order valence-electron chi connectivity index (χ2n) is 6.34. The Morgan fingerprint density at radius 3 is 2.80 bits per heavy atom. The van der Waals surface area contributed by atoms with Crippen LogP contribution in [0.15, 0.2) is 34.8 Å². The van der Waals surface area contributed by atoms with Crippen LogP contribution in [0.3, 0.4) is 0 Å². The van der Waals surface area contributed by atoms with Gasteiger partial charge in [-0.2, -0.15) is 0 Å². The van der Waals surface area contributed by atoms with E-state index in [0.29, 0.717) is 18.1 Å². The molecule has 2 aliphatic rings. The molecule has 2 aromatic rings. The number of anilines is 1. The Bertz CT molecular complexity index is 813. The molecule has 0 radical (unpaired) electrons. The first-order valence-electron chi connectivity index (χ1n) is 8.21. The molecule has 2 heterocycles. The van der Waals surface area contributed by atoms with Gasteiger partial charge in [0, 0.05) is 23.8 Å². The van der Waals surface area contributed by atoms with Crippen molar-refractivity contribution >= 4 is 21.6 Å². The highest BCUT2D eigenvalue weighted by molar-refractivity contribution is 9.10. The van der Waals surface area contributed by atoms with Crippen LogP contribution in [0.4, 0.5) is 10.1 Å². The lowest BCUT2D eigenvalue weighted by Gasteiger charge is -2.36. The van der Waals surface area contributed by atoms with Gasteiger partial charge in [0.2, 0.25) is 0 Å². The van der Waals surface area contributed by atoms with E-state index in [4.69, 9.17) is 14.2 Å². The highest BCUT2D eigenvalue weighted by Crippen LogP contribution is 2.51. The molecule has 25 heavy (non-hydrogen) atoms. The van der Waals surface area contributed by atoms with Crippen LogP contribution in [-0.2, 0) is 4.74 Å². The Hall–Kier alpha value is -1.79. The van der Waals surface area contributed by atoms with Crippen LogP contribution in [0, 0.1) is 11.7 Å². The second-order valence-corrected chi connectivity index (χ2v) is 7.19. The summed E-state index contributed by atoms with van der Waals surface area (Å²) in [6.07, 6.45) is 0.827. The van der Waals surface area contributed by atoms with Gasteiger partial charge in [0.05, 0.1) is 30.8 Å². The molecule has 1 fully saturated rings. The Kier molecular flexibility index (Phi) is 4.33. The molecule has 1 saturated heterocycles. The Morgan fingerprint density at radius 2 is 2.04 bits per heavy atom. The molecule has 4 rings (SSSR count). The summed E-state index contributed by atoms with van der Waals surface area (Å²) in [5.74, 6) is 1.35. The SMILES string of the molecule is COc1cc(C2Nc3ccc(F)cc3C3OCCC23)cc(Br)c1OC. The third-order valence-electron chi connectivity index (χ3n) is 5.01. The summed E-state index contributed by atoms with van der Waals surface area (Å²) in [5, 5.41) is 3.56. The first-order valence-corrected chi connectivity index (χ1v) is 9.00. The molecule has 0 aromatic heterocycles. The topological polar surface area (TPSA) is 39.7 Å². The van der Waals surface area contributed by atoms with Crippen LogP contribution in [0.2, 0.25) is 0 Å². The quantitative estimate of drug-likeness (QED) is 0.789. The largest absolute Gasteiger partial charge is 0.493 e. The van der Waals surface area contributed by atoms with Crippen molar-refractivity contribution in [3.05, 3.63) is 51.7 Å². The molecular weight excluding hydrogens is 389 g/mol. The van der Waals surface area contributed by atoms with Gasteiger partial charge in [0.1, 0.15) is 5.82 Å². The van der Waals surface area contributed by atoms with Gasteiger partial charge in [-0.3, -0.25) is 0 Å². The van der Waals surface area contributed by atoms with E-state index >= 15 is 0 Å². The summed E-state index contributed by atoms with van der Waals surface area (Å²) in [6.45, 7) is 0.678. The van der Waals surface area contributed by atoms with Crippen LogP contribution in [0.1, 0.15) is 29.7 Å². The number of ether oxygens (including phenoxy) is 3. The Balaban J connectivity index is 1.78. The summed E-state index contributed by atoms with van der Waals surface area (Å²) in [5.41, 5.74) is 2.90. The van der Waals surface area contributed by atoms with Gasteiger partial charge in [-0.15, -0.1) is 0 Å². The molecule has 0 aliphatic carbocycles. The first-order chi connectivity index (χ1) is 12.1. The monoisotopic (exact) mass is 407 g/mol. The summed E-state index contributed by atoms with van der Waals surface area (Å²) >= 11 is 3.57. The predicted octanol–water partition coefficient (Wildman–Crippen LogP) is 4.85. The van der Waals surface area contributed by atoms with E-state index in [9.17, 15) is 4.39 Å². The lowest BCUT2D eigenvalue weighted by atomic mass is 9.81. The number of halogens is 2. The van der Waals surface area contributed by atoms with Crippen molar-refractivity contribution in [3.63, 3.8) is 0 Å². The normalized spacial score (nSPS) is 24.2. The molecule has 0 saturated carbocycles. The van der Waals surface area contributed by atoms with Crippen LogP contribution in [0.5, 0.6) is 11.5 Å². The molecule has 0 amide bonds. The molecule has 1 N–H and O–H groups in total. The molecule has 4 nitrogen and oxygen atoms in total. The minimum absolute atomic E-state index is 0.0570. The fourth-order valence-corrected chi connectivity index (χ4v) is 4.51. The van der Waals surface area contributed by atoms with Crippen molar-refractivity contribution in [3.8, 4) is 11.5 Å². The molecule has 3 atom stereocenters. The van der Waals surface area contributed by atoms with Crippen molar-refractivity contribution in [1.29, 1.82) is 0 Å². The summed E-state index contributed by atoms with van der Waals surface area (Å²) in [4.78, 5) is 0. The third-order valence-corrected chi connectivity index (χ3v) is 5.60. The number of fused-ring (bicyclic) bond motifs is 3. The molecule has 0 spiro atoms. The van der Waals surface area contributed by atoms with Gasteiger partial charge in [0.25, 0.3) is 0 Å². The number of hydrogen-bond acceptors (Lipinski definition) is 4. The molecule has 2 aromatic carbocycles. The number of nitrogens with one attached hydrogen (secondary N) is 1. The summed E-state index contributed by atoms with van der Waals surface area (Å²) < 4.78 is 31.4. The second kappa shape index (κ2) is 6.50. The van der Waals surface area contributed by atoms with E-state index in [-0.39, 0.29) is 23.9 Å². The highest BCUT2D eigenvalue weighted by Gasteiger charge is 2.42. The number of rotatable bonds is 3. The smallest absolute Gasteiger partial charge is 0.174 e. The van der Waals surface area contributed by atoms with E-state index in [2.05, 4.69) is 21.2 Å². The molecule has 3 unspecified atom stereocenters. The zero-order chi connectivity index (χ0) is 17.6. The molecule has 6 heteroatoms. The summed E-state index contributed by atoms with van der Waals surface area (Å²) in [7, 11) is 3.24. The van der Waals surface area contributed by atoms with Gasteiger partial charge in [-0.1, -0.05) is 0 Å². The van der Waals surface area contributed by atoms with E-state index < -0.39 is 0 Å². The van der Waals surface area contributed by atoms with Crippen molar-refractivity contribution in [2.45, 2.75) is 18.6 Å². The van der Waals surface area contributed by atoms with Crippen molar-refractivity contribution in [2.75, 3.05) is 26.1 Å². The standard InChI is InChI=1S/C19H19BrFNO3/c1-23-16-8-10(7-14(20)19(16)24-2)17-12-5-6-25-18(12)13-9-11(21)3-4-15(13)22-17/h3-4,7-9,12,17-18,22H,5-6H2,1-2H3. The maximum Gasteiger partial charge on any atom is 0.174 e. The summed E-state index contributed by atoms with van der Waals surface area (Å²) in [6, 6.07) is 8.93. The Labute approximate surface area is 154 Å². The number of methoxy groups -OCH3 is 2. The number of benzene rings is 2. The predicted molar refractivity (Wildman–Crippen MR) is 96.8 cm³/mol. The molecular formula is C19H19BrFNO3. The maximum atomic E-state index is 13.7. The van der Waals surface area contributed by atoms with Gasteiger partial charge in [-0.25, -0.2) is 4.39 Å². The minimum Gasteiger partial charge on any atom is -0.493 e. The maximum absolute atomic E-state index is 13.7. The average Bonchev–Trinajstić information content (AvgIpc) is 3.10. The zero-order valence-electron chi connectivity index (χ0n) is 14.0. The number of hydrogen-bond donors (Lipinski definition) is 1. The highest BCUT2D eigenvalue weighted by atomic mass is 79.9. The Morgan fingerprint density at radius 1 is 1.20 bits per heavy atom. The van der Waals surface area contributed by atoms with E-state index in [1.54, 1.807) is 26.4 Å². The van der Waals surface area contributed by atoms with Crippen LogP contribution in [-0.4, -0.2) is 20.8 Å². The fourth-order valence-electron chi connectivity index (χ4n) is 3.89. The average molecular weight is 408 g/mol. The van der Waals surface area contributed by atoms with Crippen LogP contribution in [0.25, 0.3) is 0 Å². The van der Waals surface area contributed by atoms with Gasteiger partial charge < -0.3 is 19.5 Å². The van der Waals surface area contributed by atoms with Crippen LogP contribution >= 0.6 is 15.9 Å². The van der Waals surface area contributed by atoms with Gasteiger partial charge in [-0.05, 0) is 58.2 Å². The van der Waals surface area contributed by atoms with Crippen molar-refractivity contribution in [1.82, 2.24) is 0 Å². The molecule has 2 aliphatic heterocycles. The lowest BCUT2D eigenvalue weighted by Crippen LogP contribution is -2.29. The third kappa shape index (κ3) is 2.77. The minimum atomic E-state index is -0.234. The van der Waals surface area contributed by atoms with Crippen molar-refractivity contribution in [2.24, 2.45) is 5.92 Å². The van der Waals surface area contributed by atoms with E-state index in [0.717, 1.165) is 27.7 Å². The van der Waals surface area contributed by atoms with Crippen LogP contribution < -0.4 is 14.8 Å².